The number of fused-ring (bicyclic) bond motifs is 1. The van der Waals surface area contributed by atoms with Crippen LogP contribution in [0.2, 0.25) is 0 Å². The number of carbonyl (C=O) groups is 2. The molecule has 0 bridgehead atoms. The van der Waals surface area contributed by atoms with Gasteiger partial charge in [-0.2, -0.15) is 0 Å². The highest BCUT2D eigenvalue weighted by Gasteiger charge is 2.34. The lowest BCUT2D eigenvalue weighted by atomic mass is 9.98. The summed E-state index contributed by atoms with van der Waals surface area (Å²) in [6, 6.07) is 23.6. The van der Waals surface area contributed by atoms with Gasteiger partial charge in [-0.25, -0.2) is 4.79 Å². The molecular formula is C36H42N4O7. The molecule has 2 aliphatic rings. The highest BCUT2D eigenvalue weighted by molar-refractivity contribution is 5.82. The molecule has 6 rings (SSSR count). The Morgan fingerprint density at radius 3 is 2.36 bits per heavy atom. The second-order valence-corrected chi connectivity index (χ2v) is 12.4. The molecule has 2 aliphatic heterocycles. The molecule has 3 heterocycles. The maximum atomic E-state index is 12.8. The van der Waals surface area contributed by atoms with Crippen molar-refractivity contribution in [1.29, 1.82) is 0 Å². The molecule has 4 atom stereocenters. The van der Waals surface area contributed by atoms with E-state index in [0.717, 1.165) is 65.8 Å². The number of nitrogens with one attached hydrogen (secondary N) is 2. The summed E-state index contributed by atoms with van der Waals surface area (Å²) in [5, 5.41) is 12.3. The summed E-state index contributed by atoms with van der Waals surface area (Å²) in [6.07, 6.45) is 0.683. The molecule has 2 saturated heterocycles. The average molecular weight is 643 g/mol. The number of benzene rings is 3. The standard InChI is InChI=1S/C36H42N4O7/c1-23(45-24(2)42)34(43)37-20-25-7-13-28(14-8-25)35-46-30(19-33(47-35)27-11-9-26(22-41)10-12-27)21-39-17-15-29(16-18-39)40-32-6-4-3-5-31(32)38-36(40)44/h3-14,23,29-30,33,35,41H,15-22H2,1-2H3,(H,37,43)(H,38,44)/t23-,30-,33+,35+/m0/s1. The van der Waals surface area contributed by atoms with Gasteiger partial charge in [-0.1, -0.05) is 60.7 Å². The molecule has 0 aliphatic carbocycles. The Kier molecular flexibility index (Phi) is 10.2. The predicted molar refractivity (Wildman–Crippen MR) is 175 cm³/mol. The molecule has 11 heteroatoms. The van der Waals surface area contributed by atoms with Gasteiger partial charge in [0, 0.05) is 51.1 Å². The first kappa shape index (κ1) is 32.6. The summed E-state index contributed by atoms with van der Waals surface area (Å²) in [7, 11) is 0. The molecule has 2 fully saturated rings. The summed E-state index contributed by atoms with van der Waals surface area (Å²) in [5.41, 5.74) is 5.39. The molecule has 0 spiro atoms. The zero-order valence-corrected chi connectivity index (χ0v) is 26.8. The topological polar surface area (TPSA) is 135 Å². The van der Waals surface area contributed by atoms with Gasteiger partial charge in [0.2, 0.25) is 0 Å². The summed E-state index contributed by atoms with van der Waals surface area (Å²) in [6.45, 7) is 5.54. The monoisotopic (exact) mass is 642 g/mol. The Morgan fingerprint density at radius 2 is 1.66 bits per heavy atom. The van der Waals surface area contributed by atoms with Crippen LogP contribution < -0.4 is 11.0 Å². The number of ether oxygens (including phenoxy) is 3. The number of amides is 1. The van der Waals surface area contributed by atoms with E-state index in [2.05, 4.69) is 15.2 Å². The highest BCUT2D eigenvalue weighted by atomic mass is 16.7. The van der Waals surface area contributed by atoms with Gasteiger partial charge >= 0.3 is 11.7 Å². The zero-order valence-electron chi connectivity index (χ0n) is 26.8. The van der Waals surface area contributed by atoms with E-state index in [-0.39, 0.29) is 36.5 Å². The fourth-order valence-corrected chi connectivity index (χ4v) is 6.55. The number of piperidine rings is 1. The van der Waals surface area contributed by atoms with E-state index in [9.17, 15) is 19.5 Å². The van der Waals surface area contributed by atoms with Gasteiger partial charge in [0.1, 0.15) is 0 Å². The molecule has 1 amide bonds. The van der Waals surface area contributed by atoms with Gasteiger partial charge < -0.3 is 34.5 Å². The van der Waals surface area contributed by atoms with Crippen LogP contribution in [0.15, 0.2) is 77.6 Å². The van der Waals surface area contributed by atoms with Crippen molar-refractivity contribution in [2.24, 2.45) is 0 Å². The lowest BCUT2D eigenvalue weighted by Crippen LogP contribution is -2.43. The highest BCUT2D eigenvalue weighted by Crippen LogP contribution is 2.38. The maximum Gasteiger partial charge on any atom is 0.326 e. The number of likely N-dealkylation sites (tertiary alicyclic amines) is 1. The Balaban J connectivity index is 1.12. The van der Waals surface area contributed by atoms with Gasteiger partial charge in [-0.3, -0.25) is 14.2 Å². The van der Waals surface area contributed by atoms with Crippen molar-refractivity contribution in [1.82, 2.24) is 19.8 Å². The minimum Gasteiger partial charge on any atom is -0.453 e. The van der Waals surface area contributed by atoms with E-state index in [4.69, 9.17) is 14.2 Å². The summed E-state index contributed by atoms with van der Waals surface area (Å²) >= 11 is 0. The number of aromatic amines is 1. The summed E-state index contributed by atoms with van der Waals surface area (Å²) in [4.78, 5) is 41.6. The van der Waals surface area contributed by atoms with Gasteiger partial charge in [0.25, 0.3) is 5.91 Å². The number of H-pyrrole nitrogens is 1. The summed E-state index contributed by atoms with van der Waals surface area (Å²) < 4.78 is 19.9. The van der Waals surface area contributed by atoms with Crippen molar-refractivity contribution >= 4 is 22.9 Å². The van der Waals surface area contributed by atoms with E-state index in [1.54, 1.807) is 0 Å². The second-order valence-electron chi connectivity index (χ2n) is 12.4. The number of para-hydroxylation sites is 2. The Morgan fingerprint density at radius 1 is 0.979 bits per heavy atom. The van der Waals surface area contributed by atoms with Crippen LogP contribution >= 0.6 is 0 Å². The fraction of sp³-hybridized carbons (Fsp3) is 0.417. The molecule has 3 N–H and O–H groups in total. The second kappa shape index (κ2) is 14.6. The zero-order chi connectivity index (χ0) is 32.9. The van der Waals surface area contributed by atoms with Crippen molar-refractivity contribution in [3.63, 3.8) is 0 Å². The third-order valence-electron chi connectivity index (χ3n) is 9.05. The first-order valence-corrected chi connectivity index (χ1v) is 16.2. The van der Waals surface area contributed by atoms with Gasteiger partial charge in [0.15, 0.2) is 12.4 Å². The SMILES string of the molecule is CC(=O)O[C@@H](C)C(=O)NCc1ccc([C@@H]2O[C@H](CN3CCC(n4c(=O)[nH]c5ccccc54)CC3)C[C@H](c3ccc(CO)cc3)O2)cc1. The minimum absolute atomic E-state index is 0.0176. The number of hydrogen-bond donors (Lipinski definition) is 3. The lowest BCUT2D eigenvalue weighted by molar-refractivity contribution is -0.253. The smallest absolute Gasteiger partial charge is 0.326 e. The molecule has 11 nitrogen and oxygen atoms in total. The van der Waals surface area contributed by atoms with E-state index in [1.165, 1.54) is 13.8 Å². The van der Waals surface area contributed by atoms with Crippen LogP contribution in [0.1, 0.15) is 73.8 Å². The van der Waals surface area contributed by atoms with Crippen LogP contribution in [0.25, 0.3) is 11.0 Å². The van der Waals surface area contributed by atoms with Crippen molar-refractivity contribution in [3.05, 3.63) is 106 Å². The number of aromatic nitrogens is 2. The molecule has 0 unspecified atom stereocenters. The third-order valence-corrected chi connectivity index (χ3v) is 9.05. The molecule has 4 aromatic rings. The number of aliphatic hydroxyl groups excluding tert-OH is 1. The quantitative estimate of drug-likeness (QED) is 0.218. The Bertz CT molecular complexity index is 1720. The number of aliphatic hydroxyl groups is 1. The maximum absolute atomic E-state index is 12.8. The third kappa shape index (κ3) is 7.82. The van der Waals surface area contributed by atoms with Crippen LogP contribution in [0.4, 0.5) is 0 Å². The number of nitrogens with zero attached hydrogens (tertiary/aromatic N) is 2. The van der Waals surface area contributed by atoms with Crippen LogP contribution in [0, 0.1) is 0 Å². The molecule has 248 valence electrons. The molecule has 47 heavy (non-hydrogen) atoms. The molecule has 0 saturated carbocycles. The Labute approximate surface area is 273 Å². The predicted octanol–water partition coefficient (Wildman–Crippen LogP) is 4.27. The number of carbonyl (C=O) groups excluding carboxylic acids is 2. The van der Waals surface area contributed by atoms with Gasteiger partial charge in [0.05, 0.1) is 29.8 Å². The first-order valence-electron chi connectivity index (χ1n) is 16.2. The normalized spacial score (nSPS) is 21.4. The minimum atomic E-state index is -0.863. The van der Waals surface area contributed by atoms with Gasteiger partial charge in [-0.15, -0.1) is 0 Å². The largest absolute Gasteiger partial charge is 0.453 e. The lowest BCUT2D eigenvalue weighted by Gasteiger charge is -2.40. The number of hydrogen-bond acceptors (Lipinski definition) is 8. The van der Waals surface area contributed by atoms with Crippen molar-refractivity contribution in [3.8, 4) is 0 Å². The molecule has 0 radical (unpaired) electrons. The first-order chi connectivity index (χ1) is 22.8. The van der Waals surface area contributed by atoms with E-state index < -0.39 is 18.4 Å². The number of imidazole rings is 1. The number of esters is 1. The van der Waals surface area contributed by atoms with E-state index in [0.29, 0.717) is 13.0 Å². The fourth-order valence-electron chi connectivity index (χ4n) is 6.55. The van der Waals surface area contributed by atoms with Crippen LogP contribution in [-0.4, -0.2) is 63.3 Å². The Hall–Kier alpha value is -4.29. The number of rotatable bonds is 10. The van der Waals surface area contributed by atoms with E-state index >= 15 is 0 Å². The van der Waals surface area contributed by atoms with Crippen molar-refractivity contribution in [2.45, 2.75) is 76.9 Å². The van der Waals surface area contributed by atoms with Crippen LogP contribution in [0.3, 0.4) is 0 Å². The van der Waals surface area contributed by atoms with E-state index in [1.807, 2.05) is 77.4 Å². The van der Waals surface area contributed by atoms with Crippen LogP contribution in [-0.2, 0) is 37.0 Å². The van der Waals surface area contributed by atoms with Crippen LogP contribution in [0.5, 0.6) is 0 Å². The molecule has 1 aromatic heterocycles. The van der Waals surface area contributed by atoms with Crippen molar-refractivity contribution in [2.75, 3.05) is 19.6 Å². The summed E-state index contributed by atoms with van der Waals surface area (Å²) in [5.74, 6) is -0.865. The molecule has 3 aromatic carbocycles. The average Bonchev–Trinajstić information content (AvgIpc) is 3.43. The van der Waals surface area contributed by atoms with Gasteiger partial charge in [-0.05, 0) is 48.6 Å². The van der Waals surface area contributed by atoms with Crippen molar-refractivity contribution < 1.29 is 28.9 Å². The molecular weight excluding hydrogens is 600 g/mol.